The predicted molar refractivity (Wildman–Crippen MR) is 96.8 cm³/mol. The molecule has 4 bridgehead atoms. The number of pyridine rings is 1. The summed E-state index contributed by atoms with van der Waals surface area (Å²) in [5.74, 6) is 8.88. The van der Waals surface area contributed by atoms with Gasteiger partial charge in [0.15, 0.2) is 0 Å². The van der Waals surface area contributed by atoms with Gasteiger partial charge in [0.1, 0.15) is 5.65 Å². The molecule has 6 atom stereocenters. The zero-order valence-electron chi connectivity index (χ0n) is 14.5. The van der Waals surface area contributed by atoms with Crippen LogP contribution in [0.2, 0.25) is 0 Å². The van der Waals surface area contributed by atoms with E-state index >= 15 is 0 Å². The van der Waals surface area contributed by atoms with Gasteiger partial charge in [-0.2, -0.15) is 0 Å². The van der Waals surface area contributed by atoms with Crippen LogP contribution in [-0.2, 0) is 0 Å². The van der Waals surface area contributed by atoms with Gasteiger partial charge >= 0.3 is 0 Å². The van der Waals surface area contributed by atoms with Crippen LogP contribution in [0.25, 0.3) is 11.0 Å². The summed E-state index contributed by atoms with van der Waals surface area (Å²) >= 11 is 0. The Labute approximate surface area is 146 Å². The molecule has 4 saturated carbocycles. The number of hydrogen-bond donors (Lipinski definition) is 3. The molecule has 2 heterocycles. The van der Waals surface area contributed by atoms with Gasteiger partial charge in [0, 0.05) is 29.2 Å². The van der Waals surface area contributed by atoms with E-state index in [0.29, 0.717) is 29.4 Å². The van der Waals surface area contributed by atoms with Crippen LogP contribution in [0, 0.1) is 40.9 Å². The van der Waals surface area contributed by atoms with Crippen LogP contribution >= 0.6 is 0 Å². The maximum absolute atomic E-state index is 12.0. The van der Waals surface area contributed by atoms with Gasteiger partial charge in [-0.25, -0.2) is 4.98 Å². The van der Waals surface area contributed by atoms with Crippen molar-refractivity contribution in [3.8, 4) is 11.8 Å². The van der Waals surface area contributed by atoms with Crippen molar-refractivity contribution in [1.82, 2.24) is 9.97 Å². The molecule has 4 aliphatic rings. The second-order valence-corrected chi connectivity index (χ2v) is 7.97. The predicted octanol–water partition coefficient (Wildman–Crippen LogP) is 2.76. The maximum Gasteiger partial charge on any atom is 0.252 e. The summed E-state index contributed by atoms with van der Waals surface area (Å²) in [5, 5.41) is 4.66. The molecule has 6 rings (SSSR count). The van der Waals surface area contributed by atoms with Crippen LogP contribution < -0.4 is 11.1 Å². The normalized spacial score (nSPS) is 37.4. The summed E-state index contributed by atoms with van der Waals surface area (Å²) in [6.07, 6.45) is 5.84. The minimum atomic E-state index is -0.440. The minimum Gasteiger partial charge on any atom is -0.380 e. The molecule has 4 fully saturated rings. The average molecular weight is 334 g/mol. The van der Waals surface area contributed by atoms with Crippen molar-refractivity contribution in [2.75, 3.05) is 5.32 Å². The number of aromatic nitrogens is 2. The fourth-order valence-electron chi connectivity index (χ4n) is 6.32. The zero-order valence-corrected chi connectivity index (χ0v) is 14.5. The largest absolute Gasteiger partial charge is 0.380 e. The van der Waals surface area contributed by atoms with Crippen LogP contribution in [0.4, 0.5) is 5.69 Å². The van der Waals surface area contributed by atoms with Crippen LogP contribution in [0.3, 0.4) is 0 Å². The molecular weight excluding hydrogens is 312 g/mol. The third-order valence-corrected chi connectivity index (χ3v) is 7.01. The molecule has 0 radical (unpaired) electrons. The van der Waals surface area contributed by atoms with Crippen molar-refractivity contribution in [2.24, 2.45) is 34.8 Å². The summed E-state index contributed by atoms with van der Waals surface area (Å²) in [6, 6.07) is 2.31. The number of nitrogens with two attached hydrogens (primary N) is 1. The molecule has 6 unspecified atom stereocenters. The smallest absolute Gasteiger partial charge is 0.252 e. The van der Waals surface area contributed by atoms with Crippen molar-refractivity contribution in [3.05, 3.63) is 24.0 Å². The molecule has 128 valence electrons. The van der Waals surface area contributed by atoms with E-state index in [0.717, 1.165) is 22.6 Å². The van der Waals surface area contributed by atoms with Crippen molar-refractivity contribution < 1.29 is 4.79 Å². The second-order valence-electron chi connectivity index (χ2n) is 7.97. The molecule has 4 aliphatic carbocycles. The van der Waals surface area contributed by atoms with Gasteiger partial charge < -0.3 is 16.0 Å². The molecular formula is C20H22N4O. The highest BCUT2D eigenvalue weighted by Gasteiger charge is 2.70. The molecule has 5 heteroatoms. The molecule has 0 aromatic carbocycles. The molecule has 0 spiro atoms. The Hall–Kier alpha value is -2.48. The molecule has 0 aliphatic heterocycles. The lowest BCUT2D eigenvalue weighted by molar-refractivity contribution is 0.100. The SMILES string of the molecule is CC#CC12CC3C(C)C1C(Nc1c(C(N)=O)cnc4[nH]ccc14)C3C2. The summed E-state index contributed by atoms with van der Waals surface area (Å²) in [4.78, 5) is 19.4. The first-order valence-corrected chi connectivity index (χ1v) is 9.02. The van der Waals surface area contributed by atoms with E-state index in [4.69, 9.17) is 5.73 Å². The lowest BCUT2D eigenvalue weighted by Crippen LogP contribution is -2.34. The molecule has 2 aromatic heterocycles. The quantitative estimate of drug-likeness (QED) is 0.755. The number of aromatic amines is 1. The van der Waals surface area contributed by atoms with Crippen LogP contribution in [0.15, 0.2) is 18.5 Å². The Morgan fingerprint density at radius 1 is 1.44 bits per heavy atom. The van der Waals surface area contributed by atoms with E-state index in [1.165, 1.54) is 12.8 Å². The van der Waals surface area contributed by atoms with Gasteiger partial charge in [0.2, 0.25) is 0 Å². The summed E-state index contributed by atoms with van der Waals surface area (Å²) in [7, 11) is 0. The van der Waals surface area contributed by atoms with E-state index in [1.54, 1.807) is 6.20 Å². The zero-order chi connectivity index (χ0) is 17.3. The fourth-order valence-corrected chi connectivity index (χ4v) is 6.32. The van der Waals surface area contributed by atoms with E-state index in [1.807, 2.05) is 19.2 Å². The van der Waals surface area contributed by atoms with Gasteiger partial charge in [0.05, 0.1) is 11.3 Å². The number of nitrogens with zero attached hydrogens (tertiary/aromatic N) is 1. The number of fused-ring (bicyclic) bond motifs is 1. The Kier molecular flexibility index (Phi) is 2.84. The van der Waals surface area contributed by atoms with Crippen LogP contribution in [-0.4, -0.2) is 21.9 Å². The third kappa shape index (κ3) is 1.75. The molecule has 25 heavy (non-hydrogen) atoms. The summed E-state index contributed by atoms with van der Waals surface area (Å²) in [5.41, 5.74) is 7.86. The number of rotatable bonds is 3. The third-order valence-electron chi connectivity index (χ3n) is 7.01. The van der Waals surface area contributed by atoms with E-state index in [2.05, 4.69) is 34.0 Å². The van der Waals surface area contributed by atoms with Crippen molar-refractivity contribution >= 4 is 22.6 Å². The molecule has 4 N–H and O–H groups in total. The molecule has 1 amide bonds. The summed E-state index contributed by atoms with van der Waals surface area (Å²) in [6.45, 7) is 4.32. The number of anilines is 1. The number of carbonyl (C=O) groups is 1. The first kappa shape index (κ1) is 14.8. The monoisotopic (exact) mass is 334 g/mol. The van der Waals surface area contributed by atoms with E-state index in [-0.39, 0.29) is 5.41 Å². The standard InChI is InChI=1S/C20H22N4O/c1-3-5-20-7-12-10(2)15(20)17(13(12)8-20)24-16-11-4-6-22-19(11)23-9-14(16)18(21)25/h4,6,9-10,12-13,15,17H,7-8H2,1-2H3,(H2,21,25)(H2,22,23,24). The highest BCUT2D eigenvalue weighted by atomic mass is 16.1. The van der Waals surface area contributed by atoms with Gasteiger partial charge in [-0.05, 0) is 49.5 Å². The lowest BCUT2D eigenvalue weighted by Gasteiger charge is -2.30. The van der Waals surface area contributed by atoms with Crippen molar-refractivity contribution in [1.29, 1.82) is 0 Å². The number of H-pyrrole nitrogens is 1. The lowest BCUT2D eigenvalue weighted by atomic mass is 9.77. The van der Waals surface area contributed by atoms with Gasteiger partial charge in [-0.15, -0.1) is 5.92 Å². The Balaban J connectivity index is 1.59. The number of carbonyl (C=O) groups excluding carboxylic acids is 1. The highest BCUT2D eigenvalue weighted by molar-refractivity contribution is 6.06. The van der Waals surface area contributed by atoms with Crippen LogP contribution in [0.1, 0.15) is 37.0 Å². The Bertz CT molecular complexity index is 951. The van der Waals surface area contributed by atoms with Crippen LogP contribution in [0.5, 0.6) is 0 Å². The van der Waals surface area contributed by atoms with Gasteiger partial charge in [-0.1, -0.05) is 12.8 Å². The topological polar surface area (TPSA) is 83.8 Å². The maximum atomic E-state index is 12.0. The second kappa shape index (κ2) is 4.78. The summed E-state index contributed by atoms with van der Waals surface area (Å²) < 4.78 is 0. The van der Waals surface area contributed by atoms with E-state index in [9.17, 15) is 4.79 Å². The fraction of sp³-hybridized carbons (Fsp3) is 0.500. The number of nitrogens with one attached hydrogen (secondary N) is 2. The van der Waals surface area contributed by atoms with Gasteiger partial charge in [-0.3, -0.25) is 4.79 Å². The minimum absolute atomic E-state index is 0.165. The first-order valence-electron chi connectivity index (χ1n) is 9.02. The molecule has 0 saturated heterocycles. The number of amides is 1. The first-order chi connectivity index (χ1) is 12.1. The van der Waals surface area contributed by atoms with Crippen molar-refractivity contribution in [2.45, 2.75) is 32.7 Å². The van der Waals surface area contributed by atoms with Gasteiger partial charge in [0.25, 0.3) is 5.91 Å². The van der Waals surface area contributed by atoms with E-state index < -0.39 is 5.91 Å². The average Bonchev–Trinajstić information content (AvgIpc) is 3.32. The molecule has 2 aromatic rings. The number of hydrogen-bond acceptors (Lipinski definition) is 3. The Morgan fingerprint density at radius 3 is 2.96 bits per heavy atom. The highest BCUT2D eigenvalue weighted by Crippen LogP contribution is 2.72. The van der Waals surface area contributed by atoms with Crippen molar-refractivity contribution in [3.63, 3.8) is 0 Å². The Morgan fingerprint density at radius 2 is 2.24 bits per heavy atom. The number of primary amides is 1. The molecule has 5 nitrogen and oxygen atoms in total.